The number of aliphatic hydroxyl groups excluding tert-OH is 1. The number of aliphatic hydroxyl groups is 1. The highest BCUT2D eigenvalue weighted by Crippen LogP contribution is 2.56. The van der Waals surface area contributed by atoms with Crippen molar-refractivity contribution in [3.63, 3.8) is 0 Å². The minimum atomic E-state index is -1.21. The highest BCUT2D eigenvalue weighted by molar-refractivity contribution is 6.36. The first kappa shape index (κ1) is 44.4. The molecule has 16 unspecified atom stereocenters. The van der Waals surface area contributed by atoms with Crippen molar-refractivity contribution in [2.45, 2.75) is 167 Å². The van der Waals surface area contributed by atoms with Gasteiger partial charge in [0.05, 0.1) is 52.7 Å². The quantitative estimate of drug-likeness (QED) is 0.180. The van der Waals surface area contributed by atoms with E-state index in [-0.39, 0.29) is 63.7 Å². The second-order valence-electron chi connectivity index (χ2n) is 17.4. The number of methoxy groups -OCH3 is 2. The first-order valence-electron chi connectivity index (χ1n) is 19.7. The Morgan fingerprint density at radius 2 is 1.71 bits per heavy atom. The smallest absolute Gasteiger partial charge is 0.342 e. The van der Waals surface area contributed by atoms with Crippen LogP contribution in [0.3, 0.4) is 0 Å². The molecule has 0 aliphatic carbocycles. The van der Waals surface area contributed by atoms with Gasteiger partial charge < -0.3 is 48.5 Å². The van der Waals surface area contributed by atoms with E-state index in [1.54, 1.807) is 27.9 Å². The molecule has 3 N–H and O–H groups in total. The lowest BCUT2D eigenvalue weighted by atomic mass is 9.77. The molecule has 0 radical (unpaired) electrons. The van der Waals surface area contributed by atoms with E-state index in [1.165, 1.54) is 13.2 Å². The molecule has 1 aromatic carbocycles. The van der Waals surface area contributed by atoms with Crippen LogP contribution in [0.25, 0.3) is 0 Å². The number of benzene rings is 1. The maximum absolute atomic E-state index is 13.3. The minimum Gasteiger partial charge on any atom is -0.505 e. The third-order valence-electron chi connectivity index (χ3n) is 13.4. The van der Waals surface area contributed by atoms with Crippen LogP contribution in [-0.4, -0.2) is 107 Å². The Balaban J connectivity index is 1.29. The standard InChI is InChI=1S/C41H62Cl2O12/c1-19-14-20(2)34(23(5)37(46)47)52-29(19)15-26-16-30(49-10)24(6)41(53-26)21(3)18-40(9,55-41)31-12-13-39(8,54-31)36(45)35(50-11)25(7)51-38(48)32-22(4)27(42)17-28(43)33(32)44/h17,19-21,23-26,29-31,34-36,44-45H,12-16,18H2,1-11H3,(H,46,47). The number of hydrogen-bond donors (Lipinski definition) is 3. The molecule has 0 saturated carbocycles. The lowest BCUT2D eigenvalue weighted by Gasteiger charge is -2.51. The Hall–Kier alpha value is -1.74. The van der Waals surface area contributed by atoms with Crippen molar-refractivity contribution in [1.82, 2.24) is 0 Å². The van der Waals surface area contributed by atoms with E-state index in [4.69, 9.17) is 56.4 Å². The number of carboxylic acids is 1. The number of halogens is 2. The highest BCUT2D eigenvalue weighted by Gasteiger charge is 2.64. The molecule has 0 amide bonds. The van der Waals surface area contributed by atoms with Crippen molar-refractivity contribution in [2.75, 3.05) is 14.2 Å². The molecule has 12 nitrogen and oxygen atoms in total. The monoisotopic (exact) mass is 816 g/mol. The predicted molar refractivity (Wildman–Crippen MR) is 206 cm³/mol. The summed E-state index contributed by atoms with van der Waals surface area (Å²) in [6.45, 7) is 17.2. The first-order chi connectivity index (χ1) is 25.6. The summed E-state index contributed by atoms with van der Waals surface area (Å²) in [6, 6.07) is 1.35. The number of carbonyl (C=O) groups is 2. The van der Waals surface area contributed by atoms with Crippen molar-refractivity contribution < 1.29 is 58.1 Å². The predicted octanol–water partition coefficient (Wildman–Crippen LogP) is 7.36. The van der Waals surface area contributed by atoms with E-state index < -0.39 is 65.0 Å². The number of esters is 1. The Morgan fingerprint density at radius 3 is 2.33 bits per heavy atom. The molecular weight excluding hydrogens is 755 g/mol. The summed E-state index contributed by atoms with van der Waals surface area (Å²) in [7, 11) is 3.14. The third kappa shape index (κ3) is 8.41. The molecule has 0 bridgehead atoms. The Bertz CT molecular complexity index is 1530. The molecule has 4 saturated heterocycles. The van der Waals surface area contributed by atoms with Gasteiger partial charge in [-0.25, -0.2) is 4.79 Å². The van der Waals surface area contributed by atoms with Crippen LogP contribution in [0.4, 0.5) is 0 Å². The molecule has 4 heterocycles. The SMILES string of the molecule is COC1CC(CC2OC(C(C)C(=O)O)C(C)CC2C)OC2(OC(C)(C3CCC(C)(C(O)C(OC)C(C)OC(=O)c4c(C)c(Cl)cc(Cl)c4O)O3)CC2C)C1C. The summed E-state index contributed by atoms with van der Waals surface area (Å²) in [5.74, 6) is -3.55. The van der Waals surface area contributed by atoms with E-state index in [0.717, 1.165) is 6.42 Å². The van der Waals surface area contributed by atoms with E-state index in [0.29, 0.717) is 37.7 Å². The topological polar surface area (TPSA) is 159 Å². The van der Waals surface area contributed by atoms with Crippen molar-refractivity contribution in [1.29, 1.82) is 0 Å². The van der Waals surface area contributed by atoms with Crippen LogP contribution >= 0.6 is 23.2 Å². The number of hydrogen-bond acceptors (Lipinski definition) is 11. The Labute approximate surface area is 335 Å². The zero-order valence-corrected chi connectivity index (χ0v) is 35.6. The molecule has 312 valence electrons. The molecule has 0 aromatic heterocycles. The maximum atomic E-state index is 13.3. The van der Waals surface area contributed by atoms with E-state index >= 15 is 0 Å². The summed E-state index contributed by atoms with van der Waals surface area (Å²) in [4.78, 5) is 25.2. The summed E-state index contributed by atoms with van der Waals surface area (Å²) in [5.41, 5.74) is -1.71. The second kappa shape index (κ2) is 16.9. The van der Waals surface area contributed by atoms with Gasteiger partial charge in [0.2, 0.25) is 0 Å². The van der Waals surface area contributed by atoms with Crippen molar-refractivity contribution in [3.8, 4) is 5.75 Å². The molecular formula is C41H62Cl2O12. The van der Waals surface area contributed by atoms with Gasteiger partial charge in [-0.1, -0.05) is 50.9 Å². The fourth-order valence-electron chi connectivity index (χ4n) is 10.0. The third-order valence-corrected chi connectivity index (χ3v) is 14.1. The zero-order chi connectivity index (χ0) is 40.9. The minimum absolute atomic E-state index is 0.0381. The van der Waals surface area contributed by atoms with Crippen LogP contribution in [0.5, 0.6) is 5.75 Å². The van der Waals surface area contributed by atoms with E-state index in [2.05, 4.69) is 27.7 Å². The van der Waals surface area contributed by atoms with Gasteiger partial charge in [-0.15, -0.1) is 0 Å². The van der Waals surface area contributed by atoms with Gasteiger partial charge in [0.1, 0.15) is 29.6 Å². The van der Waals surface area contributed by atoms with Gasteiger partial charge in [-0.2, -0.15) is 0 Å². The summed E-state index contributed by atoms with van der Waals surface area (Å²) < 4.78 is 45.0. The van der Waals surface area contributed by atoms with Gasteiger partial charge in [0.25, 0.3) is 0 Å². The van der Waals surface area contributed by atoms with Gasteiger partial charge in [0, 0.05) is 43.9 Å². The Morgan fingerprint density at radius 1 is 1.04 bits per heavy atom. The molecule has 1 aromatic rings. The lowest BCUT2D eigenvalue weighted by molar-refractivity contribution is -0.353. The summed E-state index contributed by atoms with van der Waals surface area (Å²) >= 11 is 12.3. The number of carbonyl (C=O) groups excluding carboxylic acids is 1. The van der Waals surface area contributed by atoms with Crippen LogP contribution in [0.15, 0.2) is 6.07 Å². The number of phenolic OH excluding ortho intramolecular Hbond substituents is 1. The normalized spacial score (nSPS) is 40.1. The highest BCUT2D eigenvalue weighted by atomic mass is 35.5. The molecule has 1 spiro atoms. The van der Waals surface area contributed by atoms with E-state index in [1.807, 2.05) is 13.8 Å². The number of phenols is 1. The molecule has 14 heteroatoms. The van der Waals surface area contributed by atoms with Crippen molar-refractivity contribution in [2.24, 2.45) is 29.6 Å². The summed E-state index contributed by atoms with van der Waals surface area (Å²) in [6.07, 6.45) is -0.677. The fourth-order valence-corrected chi connectivity index (χ4v) is 10.5. The molecule has 55 heavy (non-hydrogen) atoms. The van der Waals surface area contributed by atoms with Crippen molar-refractivity contribution in [3.05, 3.63) is 27.2 Å². The summed E-state index contributed by atoms with van der Waals surface area (Å²) in [5, 5.41) is 32.2. The average molecular weight is 818 g/mol. The number of carboxylic acid groups (broad SMARTS) is 1. The lowest BCUT2D eigenvalue weighted by Crippen LogP contribution is -2.58. The van der Waals surface area contributed by atoms with Gasteiger partial charge in [0.15, 0.2) is 5.79 Å². The largest absolute Gasteiger partial charge is 0.505 e. The van der Waals surface area contributed by atoms with Gasteiger partial charge >= 0.3 is 11.9 Å². The second-order valence-corrected chi connectivity index (χ2v) is 18.2. The molecule has 16 atom stereocenters. The number of aliphatic carboxylic acids is 1. The van der Waals surface area contributed by atoms with Crippen LogP contribution in [0, 0.1) is 36.5 Å². The van der Waals surface area contributed by atoms with E-state index in [9.17, 15) is 24.9 Å². The van der Waals surface area contributed by atoms with Gasteiger partial charge in [-0.05, 0) is 83.8 Å². The van der Waals surface area contributed by atoms with Crippen LogP contribution in [0.2, 0.25) is 10.0 Å². The zero-order valence-electron chi connectivity index (χ0n) is 34.1. The molecule has 4 aliphatic rings. The fraction of sp³-hybridized carbons (Fsp3) is 0.805. The first-order valence-corrected chi connectivity index (χ1v) is 20.4. The van der Waals surface area contributed by atoms with Crippen LogP contribution in [-0.2, 0) is 38.0 Å². The molecule has 4 fully saturated rings. The number of ether oxygens (including phenoxy) is 7. The molecule has 5 rings (SSSR count). The van der Waals surface area contributed by atoms with Crippen LogP contribution in [0.1, 0.15) is 110 Å². The number of aromatic hydroxyl groups is 1. The Kier molecular flexibility index (Phi) is 13.6. The number of rotatable bonds is 12. The average Bonchev–Trinajstić information content (AvgIpc) is 3.65. The van der Waals surface area contributed by atoms with Crippen LogP contribution < -0.4 is 0 Å². The van der Waals surface area contributed by atoms with Crippen molar-refractivity contribution >= 4 is 35.1 Å². The molecule has 4 aliphatic heterocycles. The van der Waals surface area contributed by atoms with Gasteiger partial charge in [-0.3, -0.25) is 4.79 Å². The maximum Gasteiger partial charge on any atom is 0.342 e.